The molecule has 11 nitrogen and oxygen atoms in total. The maximum atomic E-state index is 13.0. The van der Waals surface area contributed by atoms with Crippen LogP contribution in [-0.2, 0) is 23.8 Å². The highest BCUT2D eigenvalue weighted by Crippen LogP contribution is 2.23. The van der Waals surface area contributed by atoms with E-state index >= 15 is 0 Å². The fourth-order valence-corrected chi connectivity index (χ4v) is 8.65. The molecule has 0 spiro atoms. The second-order valence-electron chi connectivity index (χ2n) is 20.3. The van der Waals surface area contributed by atoms with Crippen LogP contribution in [-0.4, -0.2) is 100 Å². The van der Waals surface area contributed by atoms with Crippen LogP contribution in [0.5, 0.6) is 0 Å². The first-order chi connectivity index (χ1) is 36.2. The van der Waals surface area contributed by atoms with Crippen molar-refractivity contribution in [1.29, 1.82) is 0 Å². The number of carbonyl (C=O) groups excluding carboxylic acids is 2. The summed E-state index contributed by atoms with van der Waals surface area (Å²) in [4.78, 5) is 25.1. The molecule has 0 bridgehead atoms. The number of unbranched alkanes of at least 4 members (excludes halogenated alkanes) is 25. The van der Waals surface area contributed by atoms with Gasteiger partial charge in [-0.05, 0) is 116 Å². The number of aliphatic hydroxyl groups excluding tert-OH is 5. The van der Waals surface area contributed by atoms with Gasteiger partial charge in [0.2, 0.25) is 5.91 Å². The van der Waals surface area contributed by atoms with Crippen LogP contribution in [0.25, 0.3) is 0 Å². The summed E-state index contributed by atoms with van der Waals surface area (Å²) in [6, 6.07) is -0.845. The molecule has 1 fully saturated rings. The Hall–Kier alpha value is -3.16. The predicted molar refractivity (Wildman–Crippen MR) is 306 cm³/mol. The molecule has 0 aromatic heterocycles. The number of ether oxygens (including phenoxy) is 3. The highest BCUT2D eigenvalue weighted by Gasteiger charge is 2.44. The minimum absolute atomic E-state index is 0.0452. The summed E-state index contributed by atoms with van der Waals surface area (Å²) in [6.07, 6.45) is 59.5. The van der Waals surface area contributed by atoms with Crippen molar-refractivity contribution in [2.75, 3.05) is 19.8 Å². The largest absolute Gasteiger partial charge is 0.466 e. The van der Waals surface area contributed by atoms with E-state index in [1.165, 1.54) is 96.3 Å². The summed E-state index contributed by atoms with van der Waals surface area (Å²) in [6.45, 7) is 4.18. The van der Waals surface area contributed by atoms with Gasteiger partial charge in [-0.3, -0.25) is 9.59 Å². The first kappa shape index (κ1) is 68.9. The van der Waals surface area contributed by atoms with Crippen molar-refractivity contribution in [3.63, 3.8) is 0 Å². The molecule has 1 aliphatic rings. The summed E-state index contributed by atoms with van der Waals surface area (Å²) in [5, 5.41) is 54.3. The van der Waals surface area contributed by atoms with E-state index in [2.05, 4.69) is 92.1 Å². The molecule has 7 atom stereocenters. The van der Waals surface area contributed by atoms with Crippen LogP contribution >= 0.6 is 0 Å². The van der Waals surface area contributed by atoms with Gasteiger partial charge in [0.15, 0.2) is 6.29 Å². The lowest BCUT2D eigenvalue weighted by atomic mass is 9.99. The van der Waals surface area contributed by atoms with Crippen LogP contribution in [0.15, 0.2) is 85.1 Å². The lowest BCUT2D eigenvalue weighted by Crippen LogP contribution is -2.60. The maximum Gasteiger partial charge on any atom is 0.305 e. The number of hydrogen-bond donors (Lipinski definition) is 6. The third-order valence-corrected chi connectivity index (χ3v) is 13.5. The number of rotatable bonds is 50. The van der Waals surface area contributed by atoms with E-state index in [4.69, 9.17) is 14.2 Å². The summed E-state index contributed by atoms with van der Waals surface area (Å²) in [7, 11) is 0. The summed E-state index contributed by atoms with van der Waals surface area (Å²) < 4.78 is 16.7. The molecule has 6 N–H and O–H groups in total. The number of amides is 1. The number of hydrogen-bond acceptors (Lipinski definition) is 10. The van der Waals surface area contributed by atoms with Crippen LogP contribution in [0.2, 0.25) is 0 Å². The van der Waals surface area contributed by atoms with E-state index in [0.717, 1.165) is 109 Å². The molecule has 0 aromatic carbocycles. The van der Waals surface area contributed by atoms with Crippen molar-refractivity contribution in [2.24, 2.45) is 0 Å². The predicted octanol–water partition coefficient (Wildman–Crippen LogP) is 13.8. The SMILES string of the molecule is CCCC/C=C\C/C=C\CCCCCCCC(=O)OCCCCC/C=C\C=C/CCCCCCCCCCCCC(=O)NC(COC1OC(CO)C(O)C(O)C1O)C(O)/C=C/CC/C=C/CC/C=C/CCCCC. The van der Waals surface area contributed by atoms with Crippen molar-refractivity contribution < 1.29 is 49.3 Å². The van der Waals surface area contributed by atoms with Gasteiger partial charge in [-0.15, -0.1) is 0 Å². The zero-order valence-electron chi connectivity index (χ0n) is 46.8. The fourth-order valence-electron chi connectivity index (χ4n) is 8.65. The molecule has 74 heavy (non-hydrogen) atoms. The minimum Gasteiger partial charge on any atom is -0.466 e. The number of carbonyl (C=O) groups is 2. The third-order valence-electron chi connectivity index (χ3n) is 13.5. The van der Waals surface area contributed by atoms with E-state index in [9.17, 15) is 35.1 Å². The Morgan fingerprint density at radius 3 is 1.54 bits per heavy atom. The van der Waals surface area contributed by atoms with Gasteiger partial charge >= 0.3 is 5.97 Å². The van der Waals surface area contributed by atoms with Gasteiger partial charge in [0.1, 0.15) is 24.4 Å². The second-order valence-corrected chi connectivity index (χ2v) is 20.3. The second kappa shape index (κ2) is 51.9. The van der Waals surface area contributed by atoms with Gasteiger partial charge in [-0.2, -0.15) is 0 Å². The first-order valence-electron chi connectivity index (χ1n) is 29.9. The van der Waals surface area contributed by atoms with Crippen molar-refractivity contribution in [2.45, 2.75) is 281 Å². The standard InChI is InChI=1S/C63H109NO10/c1-3-5-7-9-11-13-15-17-27-31-35-39-43-47-51-59(68)72-52-48-44-40-36-32-28-24-22-20-18-19-21-23-26-30-34-38-42-46-50-58(67)64-55(54-73-63-62(71)61(70)60(69)57(53-65)74-63)56(66)49-45-41-37-33-29-25-16-14-12-10-8-6-4-2/h9,11-12,14-15,17,22,24,28-29,32-33,45,49,55-57,60-63,65-66,69-71H,3-8,10,13,16,18-21,23,25-27,30-31,34-44,46-48,50-54H2,1-2H3,(H,64,67)/b11-9-,14-12+,17-15-,24-22-,32-28-,33-29+,49-45+. The van der Waals surface area contributed by atoms with E-state index in [0.29, 0.717) is 25.9 Å². The van der Waals surface area contributed by atoms with Gasteiger partial charge in [0, 0.05) is 12.8 Å². The molecule has 1 rings (SSSR count). The molecule has 1 aliphatic heterocycles. The quantitative estimate of drug-likeness (QED) is 0.0149. The molecule has 1 saturated heterocycles. The zero-order chi connectivity index (χ0) is 53.8. The summed E-state index contributed by atoms with van der Waals surface area (Å²) in [5.74, 6) is -0.255. The van der Waals surface area contributed by atoms with E-state index in [-0.39, 0.29) is 18.5 Å². The summed E-state index contributed by atoms with van der Waals surface area (Å²) >= 11 is 0. The molecular formula is C63H109NO10. The third kappa shape index (κ3) is 41.1. The zero-order valence-corrected chi connectivity index (χ0v) is 46.8. The Balaban J connectivity index is 2.13. The van der Waals surface area contributed by atoms with Crippen molar-refractivity contribution in [3.8, 4) is 0 Å². The molecule has 11 heteroatoms. The molecule has 426 valence electrons. The minimum atomic E-state index is -1.59. The highest BCUT2D eigenvalue weighted by molar-refractivity contribution is 5.76. The highest BCUT2D eigenvalue weighted by atomic mass is 16.7. The van der Waals surface area contributed by atoms with Crippen LogP contribution in [0.3, 0.4) is 0 Å². The normalized spacial score (nSPS) is 19.5. The molecular weight excluding hydrogens is 931 g/mol. The Labute approximate surface area is 451 Å². The van der Waals surface area contributed by atoms with E-state index < -0.39 is 49.5 Å². The van der Waals surface area contributed by atoms with Crippen LogP contribution in [0.1, 0.15) is 239 Å². The van der Waals surface area contributed by atoms with Gasteiger partial charge in [0.05, 0.1) is 32.0 Å². The van der Waals surface area contributed by atoms with Gasteiger partial charge in [-0.1, -0.05) is 195 Å². The van der Waals surface area contributed by atoms with Crippen molar-refractivity contribution >= 4 is 11.9 Å². The Bertz CT molecular complexity index is 1500. The molecule has 1 heterocycles. The van der Waals surface area contributed by atoms with Gasteiger partial charge in [0.25, 0.3) is 0 Å². The molecule has 1 amide bonds. The van der Waals surface area contributed by atoms with Crippen LogP contribution in [0, 0.1) is 0 Å². The van der Waals surface area contributed by atoms with E-state index in [1.807, 2.05) is 6.08 Å². The topological polar surface area (TPSA) is 175 Å². The molecule has 0 radical (unpaired) electrons. The Morgan fingerprint density at radius 2 is 0.973 bits per heavy atom. The Kier molecular flexibility index (Phi) is 48.3. The number of aliphatic hydroxyl groups is 5. The Morgan fingerprint density at radius 1 is 0.514 bits per heavy atom. The number of esters is 1. The average molecular weight is 1040 g/mol. The number of nitrogens with one attached hydrogen (secondary N) is 1. The molecule has 0 saturated carbocycles. The van der Waals surface area contributed by atoms with E-state index in [1.54, 1.807) is 6.08 Å². The summed E-state index contributed by atoms with van der Waals surface area (Å²) in [5.41, 5.74) is 0. The van der Waals surface area contributed by atoms with Crippen LogP contribution in [0.4, 0.5) is 0 Å². The van der Waals surface area contributed by atoms with Gasteiger partial charge < -0.3 is 45.1 Å². The molecule has 7 unspecified atom stereocenters. The number of allylic oxidation sites excluding steroid dienone is 13. The van der Waals surface area contributed by atoms with Crippen LogP contribution < -0.4 is 5.32 Å². The van der Waals surface area contributed by atoms with Crippen molar-refractivity contribution in [3.05, 3.63) is 85.1 Å². The molecule has 0 aromatic rings. The van der Waals surface area contributed by atoms with Crippen molar-refractivity contribution in [1.82, 2.24) is 5.32 Å². The fraction of sp³-hybridized carbons (Fsp3) is 0.746. The molecule has 0 aliphatic carbocycles. The van der Waals surface area contributed by atoms with Gasteiger partial charge in [-0.25, -0.2) is 0 Å². The monoisotopic (exact) mass is 1040 g/mol. The maximum absolute atomic E-state index is 13.0. The first-order valence-corrected chi connectivity index (χ1v) is 29.9. The lowest BCUT2D eigenvalue weighted by molar-refractivity contribution is -0.302. The smallest absolute Gasteiger partial charge is 0.305 e. The average Bonchev–Trinajstić information content (AvgIpc) is 3.40. The lowest BCUT2D eigenvalue weighted by Gasteiger charge is -2.40.